The quantitative estimate of drug-likeness (QED) is 0.458. The molecule has 31 heavy (non-hydrogen) atoms. The van der Waals surface area contributed by atoms with Crippen molar-refractivity contribution in [1.29, 1.82) is 5.26 Å². The standard InChI is InChI=1S/C21H19ClF3N3O2S/c1-2-28-19-12-15(21(23,24)25)6-9-17(19)18(13-26)20(28)14-4-7-16(8-5-14)27-31(29,30)11-3-10-22/h4-9,12,27H,2-3,10-11H2,1H3. The maximum Gasteiger partial charge on any atom is 0.416 e. The van der Waals surface area contributed by atoms with Crippen molar-refractivity contribution in [3.05, 3.63) is 53.6 Å². The minimum atomic E-state index is -4.49. The van der Waals surface area contributed by atoms with E-state index in [1.807, 2.05) is 0 Å². The number of aromatic nitrogens is 1. The summed E-state index contributed by atoms with van der Waals surface area (Å²) in [7, 11) is -3.54. The minimum absolute atomic E-state index is 0.109. The third-order valence-electron chi connectivity index (χ3n) is 4.80. The monoisotopic (exact) mass is 469 g/mol. The Morgan fingerprint density at radius 1 is 1.16 bits per heavy atom. The molecule has 2 aromatic carbocycles. The van der Waals surface area contributed by atoms with Crippen LogP contribution < -0.4 is 4.72 Å². The number of benzene rings is 2. The van der Waals surface area contributed by atoms with Crippen molar-refractivity contribution < 1.29 is 21.6 Å². The SMILES string of the molecule is CCn1c(-c2ccc(NS(=O)(=O)CCCCl)cc2)c(C#N)c2ccc(C(F)(F)F)cc21. The van der Waals surface area contributed by atoms with Gasteiger partial charge in [0.15, 0.2) is 0 Å². The van der Waals surface area contributed by atoms with Gasteiger partial charge in [0.25, 0.3) is 0 Å². The second kappa shape index (κ2) is 8.81. The van der Waals surface area contributed by atoms with Gasteiger partial charge in [0, 0.05) is 23.5 Å². The molecule has 1 heterocycles. The lowest BCUT2D eigenvalue weighted by atomic mass is 10.0. The number of nitriles is 1. The van der Waals surface area contributed by atoms with E-state index in [9.17, 15) is 26.9 Å². The zero-order valence-electron chi connectivity index (χ0n) is 16.5. The van der Waals surface area contributed by atoms with Crippen LogP contribution in [0.4, 0.5) is 18.9 Å². The predicted octanol–water partition coefficient (Wildman–Crippen LogP) is 5.59. The summed E-state index contributed by atoms with van der Waals surface area (Å²) in [6.07, 6.45) is -4.18. The fraction of sp³-hybridized carbons (Fsp3) is 0.286. The number of rotatable bonds is 7. The molecule has 0 unspecified atom stereocenters. The van der Waals surface area contributed by atoms with Gasteiger partial charge in [0.2, 0.25) is 10.0 Å². The van der Waals surface area contributed by atoms with E-state index in [0.29, 0.717) is 40.8 Å². The Morgan fingerprint density at radius 3 is 2.39 bits per heavy atom. The van der Waals surface area contributed by atoms with Crippen molar-refractivity contribution >= 4 is 38.2 Å². The summed E-state index contributed by atoms with van der Waals surface area (Å²) in [5.74, 6) is 0.122. The second-order valence-electron chi connectivity index (χ2n) is 6.85. The van der Waals surface area contributed by atoms with Gasteiger partial charge in [-0.15, -0.1) is 11.6 Å². The third kappa shape index (κ3) is 4.81. The summed E-state index contributed by atoms with van der Waals surface area (Å²) in [6.45, 7) is 2.13. The molecule has 1 N–H and O–H groups in total. The molecular formula is C21H19ClF3N3O2S. The van der Waals surface area contributed by atoms with E-state index in [1.54, 1.807) is 35.8 Å². The highest BCUT2D eigenvalue weighted by Crippen LogP contribution is 2.37. The van der Waals surface area contributed by atoms with Crippen LogP contribution in [0.2, 0.25) is 0 Å². The first-order chi connectivity index (χ1) is 14.6. The Hall–Kier alpha value is -2.70. The van der Waals surface area contributed by atoms with Crippen LogP contribution in [0.15, 0.2) is 42.5 Å². The number of alkyl halides is 4. The molecule has 0 bridgehead atoms. The van der Waals surface area contributed by atoms with Gasteiger partial charge in [0.1, 0.15) is 6.07 Å². The maximum absolute atomic E-state index is 13.2. The highest BCUT2D eigenvalue weighted by molar-refractivity contribution is 7.92. The van der Waals surface area contributed by atoms with Gasteiger partial charge >= 0.3 is 6.18 Å². The molecule has 0 saturated heterocycles. The zero-order valence-corrected chi connectivity index (χ0v) is 18.1. The van der Waals surface area contributed by atoms with E-state index in [1.165, 1.54) is 6.07 Å². The van der Waals surface area contributed by atoms with E-state index in [2.05, 4.69) is 10.8 Å². The van der Waals surface area contributed by atoms with Gasteiger partial charge in [-0.2, -0.15) is 18.4 Å². The summed E-state index contributed by atoms with van der Waals surface area (Å²) >= 11 is 5.54. The highest BCUT2D eigenvalue weighted by atomic mass is 35.5. The average Bonchev–Trinajstić information content (AvgIpc) is 3.04. The molecule has 164 valence electrons. The fourth-order valence-corrected chi connectivity index (χ4v) is 4.85. The smallest absolute Gasteiger partial charge is 0.340 e. The van der Waals surface area contributed by atoms with Gasteiger partial charge in [-0.1, -0.05) is 18.2 Å². The molecule has 0 aliphatic heterocycles. The van der Waals surface area contributed by atoms with Gasteiger partial charge < -0.3 is 4.57 Å². The van der Waals surface area contributed by atoms with Gasteiger partial charge in [-0.05, 0) is 43.2 Å². The second-order valence-corrected chi connectivity index (χ2v) is 9.07. The molecule has 0 fully saturated rings. The summed E-state index contributed by atoms with van der Waals surface area (Å²) < 4.78 is 67.7. The molecule has 0 aliphatic rings. The first-order valence-electron chi connectivity index (χ1n) is 9.41. The molecule has 0 spiro atoms. The van der Waals surface area contributed by atoms with Crippen LogP contribution in [-0.4, -0.2) is 24.6 Å². The topological polar surface area (TPSA) is 74.9 Å². The van der Waals surface area contributed by atoms with Crippen LogP contribution in [0, 0.1) is 11.3 Å². The Morgan fingerprint density at radius 2 is 1.84 bits per heavy atom. The van der Waals surface area contributed by atoms with E-state index in [4.69, 9.17) is 11.6 Å². The normalized spacial score (nSPS) is 12.1. The molecule has 1 aromatic heterocycles. The maximum atomic E-state index is 13.2. The third-order valence-corrected chi connectivity index (χ3v) is 6.44. The number of hydrogen-bond donors (Lipinski definition) is 1. The lowest BCUT2D eigenvalue weighted by molar-refractivity contribution is -0.137. The van der Waals surface area contributed by atoms with Crippen molar-refractivity contribution in [2.75, 3.05) is 16.4 Å². The van der Waals surface area contributed by atoms with Crippen molar-refractivity contribution in [1.82, 2.24) is 4.57 Å². The number of fused-ring (bicyclic) bond motifs is 1. The number of sulfonamides is 1. The van der Waals surface area contributed by atoms with Crippen molar-refractivity contribution in [3.8, 4) is 17.3 Å². The van der Waals surface area contributed by atoms with Crippen molar-refractivity contribution in [2.24, 2.45) is 0 Å². The molecule has 10 heteroatoms. The van der Waals surface area contributed by atoms with Crippen LogP contribution in [-0.2, 0) is 22.7 Å². The zero-order chi connectivity index (χ0) is 22.8. The molecule has 5 nitrogen and oxygen atoms in total. The molecule has 0 aliphatic carbocycles. The van der Waals surface area contributed by atoms with Gasteiger partial charge in [0.05, 0.1) is 28.1 Å². The highest BCUT2D eigenvalue weighted by Gasteiger charge is 2.31. The minimum Gasteiger partial charge on any atom is -0.340 e. The molecule has 3 aromatic rings. The molecular weight excluding hydrogens is 451 g/mol. The number of nitrogens with zero attached hydrogens (tertiary/aromatic N) is 2. The van der Waals surface area contributed by atoms with E-state index in [-0.39, 0.29) is 17.2 Å². The first kappa shape index (κ1) is 23.0. The number of hydrogen-bond acceptors (Lipinski definition) is 3. The van der Waals surface area contributed by atoms with Crippen LogP contribution in [0.5, 0.6) is 0 Å². The van der Waals surface area contributed by atoms with E-state index < -0.39 is 21.8 Å². The number of nitrogens with one attached hydrogen (secondary N) is 1. The van der Waals surface area contributed by atoms with E-state index >= 15 is 0 Å². The summed E-state index contributed by atoms with van der Waals surface area (Å²) in [5.41, 5.74) is 1.21. The molecule has 0 radical (unpaired) electrons. The Balaban J connectivity index is 2.07. The Kier molecular flexibility index (Phi) is 6.53. The molecule has 0 atom stereocenters. The van der Waals surface area contributed by atoms with Gasteiger partial charge in [-0.25, -0.2) is 8.42 Å². The largest absolute Gasteiger partial charge is 0.416 e. The number of anilines is 1. The summed E-state index contributed by atoms with van der Waals surface area (Å²) in [6, 6.07) is 11.8. The fourth-order valence-electron chi connectivity index (χ4n) is 3.44. The van der Waals surface area contributed by atoms with Crippen LogP contribution in [0.25, 0.3) is 22.2 Å². The number of aryl methyl sites for hydroxylation is 1. The van der Waals surface area contributed by atoms with Crippen LogP contribution >= 0.6 is 11.6 Å². The van der Waals surface area contributed by atoms with Crippen molar-refractivity contribution in [3.63, 3.8) is 0 Å². The predicted molar refractivity (Wildman–Crippen MR) is 116 cm³/mol. The van der Waals surface area contributed by atoms with Gasteiger partial charge in [-0.3, -0.25) is 4.72 Å². The Labute approximate surface area is 183 Å². The molecule has 0 amide bonds. The van der Waals surface area contributed by atoms with Crippen LogP contribution in [0.1, 0.15) is 24.5 Å². The number of halogens is 4. The average molecular weight is 470 g/mol. The first-order valence-corrected chi connectivity index (χ1v) is 11.6. The Bertz CT molecular complexity index is 1240. The summed E-state index contributed by atoms with van der Waals surface area (Å²) in [4.78, 5) is 0. The molecule has 3 rings (SSSR count). The lowest BCUT2D eigenvalue weighted by Crippen LogP contribution is -2.16. The van der Waals surface area contributed by atoms with Crippen LogP contribution in [0.3, 0.4) is 0 Å². The summed E-state index contributed by atoms with van der Waals surface area (Å²) in [5, 5.41) is 10.1. The van der Waals surface area contributed by atoms with Crippen molar-refractivity contribution in [2.45, 2.75) is 26.1 Å². The molecule has 0 saturated carbocycles. The van der Waals surface area contributed by atoms with E-state index in [0.717, 1.165) is 12.1 Å². The lowest BCUT2D eigenvalue weighted by Gasteiger charge is -2.11.